The van der Waals surface area contributed by atoms with Gasteiger partial charge in [0.1, 0.15) is 12.4 Å². The fraction of sp³-hybridized carbons (Fsp3) is 0.308. The minimum absolute atomic E-state index is 0.125. The van der Waals surface area contributed by atoms with E-state index in [-0.39, 0.29) is 11.8 Å². The van der Waals surface area contributed by atoms with Crippen molar-refractivity contribution >= 4 is 11.1 Å². The SMILES string of the molecule is Cc1c(COc2ccc3c(c2)C[C@@H](O)[C@@H]3NCCCS(=O)[O-])cccc1-c1ccccc1. The summed E-state index contributed by atoms with van der Waals surface area (Å²) in [5.41, 5.74) is 6.86. The van der Waals surface area contributed by atoms with Gasteiger partial charge in [0.15, 0.2) is 0 Å². The van der Waals surface area contributed by atoms with E-state index < -0.39 is 17.2 Å². The number of aliphatic hydroxyl groups is 1. The third-order valence-corrected chi connectivity index (χ3v) is 6.66. The topological polar surface area (TPSA) is 81.6 Å². The Bertz CT molecular complexity index is 1090. The molecular weight excluding hydrogens is 422 g/mol. The van der Waals surface area contributed by atoms with Gasteiger partial charge in [-0.15, -0.1) is 0 Å². The molecule has 6 heteroatoms. The average Bonchev–Trinajstić information content (AvgIpc) is 3.10. The molecule has 0 amide bonds. The first-order valence-electron chi connectivity index (χ1n) is 10.9. The quantitative estimate of drug-likeness (QED) is 0.380. The van der Waals surface area contributed by atoms with E-state index in [1.165, 1.54) is 16.7 Å². The monoisotopic (exact) mass is 450 g/mol. The van der Waals surface area contributed by atoms with Crippen molar-refractivity contribution in [2.24, 2.45) is 0 Å². The molecule has 3 atom stereocenters. The number of benzene rings is 3. The molecule has 32 heavy (non-hydrogen) atoms. The first-order valence-corrected chi connectivity index (χ1v) is 12.1. The van der Waals surface area contributed by atoms with Crippen LogP contribution in [0.1, 0.15) is 34.7 Å². The van der Waals surface area contributed by atoms with Gasteiger partial charge in [-0.1, -0.05) is 65.7 Å². The molecule has 5 nitrogen and oxygen atoms in total. The molecule has 0 spiro atoms. The van der Waals surface area contributed by atoms with Crippen LogP contribution < -0.4 is 10.1 Å². The zero-order chi connectivity index (χ0) is 22.5. The van der Waals surface area contributed by atoms with Crippen LogP contribution in [0.2, 0.25) is 0 Å². The van der Waals surface area contributed by atoms with Gasteiger partial charge in [0.25, 0.3) is 0 Å². The van der Waals surface area contributed by atoms with Gasteiger partial charge in [0.05, 0.1) is 12.1 Å². The number of hydrogen-bond acceptors (Lipinski definition) is 5. The highest BCUT2D eigenvalue weighted by Crippen LogP contribution is 2.34. The molecule has 0 aliphatic heterocycles. The van der Waals surface area contributed by atoms with E-state index in [2.05, 4.69) is 42.6 Å². The summed E-state index contributed by atoms with van der Waals surface area (Å²) in [6.07, 6.45) is 0.556. The van der Waals surface area contributed by atoms with Gasteiger partial charge >= 0.3 is 0 Å². The normalized spacial score (nSPS) is 18.3. The molecule has 1 unspecified atom stereocenters. The largest absolute Gasteiger partial charge is 0.772 e. The molecule has 0 saturated carbocycles. The lowest BCUT2D eigenvalue weighted by Crippen LogP contribution is -2.30. The maximum atomic E-state index is 10.7. The summed E-state index contributed by atoms with van der Waals surface area (Å²) in [4.78, 5) is 0. The lowest BCUT2D eigenvalue weighted by atomic mass is 9.97. The molecule has 0 radical (unpaired) electrons. The molecular formula is C26H28NO4S-. The van der Waals surface area contributed by atoms with Gasteiger partial charge < -0.3 is 19.7 Å². The third-order valence-electron chi connectivity index (χ3n) is 6.04. The smallest absolute Gasteiger partial charge is 0.120 e. The summed E-state index contributed by atoms with van der Waals surface area (Å²) in [7, 11) is 0. The Balaban J connectivity index is 1.42. The van der Waals surface area contributed by atoms with Crippen molar-refractivity contribution < 1.29 is 18.6 Å². The van der Waals surface area contributed by atoms with Crippen LogP contribution >= 0.6 is 0 Å². The molecule has 3 aromatic rings. The molecule has 0 heterocycles. The second-order valence-electron chi connectivity index (χ2n) is 8.17. The summed E-state index contributed by atoms with van der Waals surface area (Å²) in [5.74, 6) is 0.906. The van der Waals surface area contributed by atoms with Crippen LogP contribution in [0, 0.1) is 6.92 Å². The highest BCUT2D eigenvalue weighted by molar-refractivity contribution is 7.79. The number of nitrogens with one attached hydrogen (secondary N) is 1. The number of hydrogen-bond donors (Lipinski definition) is 2. The minimum atomic E-state index is -2.03. The van der Waals surface area contributed by atoms with Gasteiger partial charge in [-0.25, -0.2) is 0 Å². The lowest BCUT2D eigenvalue weighted by Gasteiger charge is -2.18. The van der Waals surface area contributed by atoms with Crippen molar-refractivity contribution in [2.45, 2.75) is 38.5 Å². The number of ether oxygens (including phenoxy) is 1. The summed E-state index contributed by atoms with van der Waals surface area (Å²) in [5, 5.41) is 13.8. The maximum Gasteiger partial charge on any atom is 0.120 e. The van der Waals surface area contributed by atoms with E-state index in [1.54, 1.807) is 0 Å². The summed E-state index contributed by atoms with van der Waals surface area (Å²) in [6.45, 7) is 3.14. The Morgan fingerprint density at radius 3 is 2.72 bits per heavy atom. The molecule has 168 valence electrons. The molecule has 1 aliphatic rings. The fourth-order valence-electron chi connectivity index (χ4n) is 4.33. The highest BCUT2D eigenvalue weighted by atomic mass is 32.2. The standard InChI is InChI=1S/C26H29NO4S/c1-18-20(9-5-10-23(18)19-7-3-2-4-8-19)17-31-22-11-12-24-21(15-22)16-25(28)26(24)27-13-6-14-32(29)30/h2-5,7-12,15,25-28H,6,13-14,16-17H2,1H3,(H,29,30)/p-1/t25-,26-/m1/s1. The van der Waals surface area contributed by atoms with Crippen molar-refractivity contribution in [3.8, 4) is 16.9 Å². The van der Waals surface area contributed by atoms with E-state index in [0.717, 1.165) is 22.4 Å². The zero-order valence-electron chi connectivity index (χ0n) is 18.1. The van der Waals surface area contributed by atoms with Gasteiger partial charge in [0, 0.05) is 12.2 Å². The number of aliphatic hydroxyl groups excluding tert-OH is 1. The van der Waals surface area contributed by atoms with Crippen LogP contribution in [0.15, 0.2) is 66.7 Å². The summed E-state index contributed by atoms with van der Waals surface area (Å²) < 4.78 is 27.5. The van der Waals surface area contributed by atoms with Crippen LogP contribution in [0.3, 0.4) is 0 Å². The fourth-order valence-corrected chi connectivity index (χ4v) is 4.71. The summed E-state index contributed by atoms with van der Waals surface area (Å²) >= 11 is -2.03. The van der Waals surface area contributed by atoms with Gasteiger partial charge in [-0.05, 0) is 65.4 Å². The zero-order valence-corrected chi connectivity index (χ0v) is 18.9. The number of rotatable bonds is 9. The molecule has 2 N–H and O–H groups in total. The average molecular weight is 451 g/mol. The van der Waals surface area contributed by atoms with Crippen LogP contribution in [-0.2, 0) is 24.1 Å². The Kier molecular flexibility index (Phi) is 7.37. The first kappa shape index (κ1) is 22.7. The van der Waals surface area contributed by atoms with E-state index in [4.69, 9.17) is 4.74 Å². The second kappa shape index (κ2) is 10.4. The van der Waals surface area contributed by atoms with Crippen molar-refractivity contribution in [3.05, 3.63) is 89.0 Å². The molecule has 0 fully saturated rings. The molecule has 0 saturated heterocycles. The van der Waals surface area contributed by atoms with Crippen molar-refractivity contribution in [3.63, 3.8) is 0 Å². The van der Waals surface area contributed by atoms with E-state index in [1.807, 2.05) is 36.4 Å². The lowest BCUT2D eigenvalue weighted by molar-refractivity contribution is 0.141. The summed E-state index contributed by atoms with van der Waals surface area (Å²) in [6, 6.07) is 22.4. The van der Waals surface area contributed by atoms with Crippen LogP contribution in [0.4, 0.5) is 0 Å². The molecule has 1 aliphatic carbocycles. The molecule has 0 aromatic heterocycles. The van der Waals surface area contributed by atoms with E-state index in [0.29, 0.717) is 26.0 Å². The molecule has 3 aromatic carbocycles. The van der Waals surface area contributed by atoms with Gasteiger partial charge in [-0.3, -0.25) is 4.21 Å². The van der Waals surface area contributed by atoms with Crippen molar-refractivity contribution in [1.29, 1.82) is 0 Å². The predicted octanol–water partition coefficient (Wildman–Crippen LogP) is 4.06. The Morgan fingerprint density at radius 2 is 1.94 bits per heavy atom. The van der Waals surface area contributed by atoms with Gasteiger partial charge in [-0.2, -0.15) is 0 Å². The van der Waals surface area contributed by atoms with Crippen LogP contribution in [0.5, 0.6) is 5.75 Å². The maximum absolute atomic E-state index is 10.7. The highest BCUT2D eigenvalue weighted by Gasteiger charge is 2.30. The van der Waals surface area contributed by atoms with E-state index in [9.17, 15) is 13.9 Å². The minimum Gasteiger partial charge on any atom is -0.772 e. The Morgan fingerprint density at radius 1 is 1.12 bits per heavy atom. The molecule has 4 rings (SSSR count). The van der Waals surface area contributed by atoms with Crippen molar-refractivity contribution in [1.82, 2.24) is 5.32 Å². The first-order chi connectivity index (χ1) is 15.5. The van der Waals surface area contributed by atoms with Gasteiger partial charge in [0.2, 0.25) is 0 Å². The van der Waals surface area contributed by atoms with Crippen LogP contribution in [0.25, 0.3) is 11.1 Å². The predicted molar refractivity (Wildman–Crippen MR) is 126 cm³/mol. The Labute approximate surface area is 191 Å². The number of fused-ring (bicyclic) bond motifs is 1. The third kappa shape index (κ3) is 5.27. The van der Waals surface area contributed by atoms with Crippen molar-refractivity contribution in [2.75, 3.05) is 12.3 Å². The molecule has 0 bridgehead atoms. The Hall–Kier alpha value is -2.51. The van der Waals surface area contributed by atoms with E-state index >= 15 is 0 Å². The second-order valence-corrected chi connectivity index (χ2v) is 9.19. The van der Waals surface area contributed by atoms with Crippen LogP contribution in [-0.4, -0.2) is 32.3 Å².